The first-order valence-electron chi connectivity index (χ1n) is 5.04. The normalized spacial score (nSPS) is 19.1. The largest absolute Gasteiger partial charge is 0.283 e. The lowest BCUT2D eigenvalue weighted by Crippen LogP contribution is -2.30. The van der Waals surface area contributed by atoms with Gasteiger partial charge in [-0.05, 0) is 18.8 Å². The van der Waals surface area contributed by atoms with Gasteiger partial charge in [0.05, 0.1) is 0 Å². The van der Waals surface area contributed by atoms with Gasteiger partial charge < -0.3 is 0 Å². The van der Waals surface area contributed by atoms with Gasteiger partial charge >= 0.3 is 0 Å². The van der Waals surface area contributed by atoms with E-state index in [1.54, 1.807) is 0 Å². The van der Waals surface area contributed by atoms with Crippen molar-refractivity contribution in [1.29, 1.82) is 0 Å². The molecule has 0 N–H and O–H groups in total. The number of hydrogen-bond acceptors (Lipinski definition) is 2. The van der Waals surface area contributed by atoms with E-state index < -0.39 is 0 Å². The van der Waals surface area contributed by atoms with E-state index in [0.717, 1.165) is 12.8 Å². The van der Waals surface area contributed by atoms with Crippen LogP contribution in [0.3, 0.4) is 0 Å². The molecule has 3 nitrogen and oxygen atoms in total. The monoisotopic (exact) mass is 217 g/mol. The molecule has 0 aromatic heterocycles. The smallest absolute Gasteiger partial charge is 0.229 e. The second kappa shape index (κ2) is 5.35. The number of likely N-dealkylation sites (tertiary alicyclic amines) is 1. The first-order valence-corrected chi connectivity index (χ1v) is 5.57. The van der Waals surface area contributed by atoms with Crippen LogP contribution in [0.2, 0.25) is 0 Å². The number of alkyl halides is 1. The number of hydrogen-bond donors (Lipinski definition) is 0. The highest BCUT2D eigenvalue weighted by atomic mass is 35.5. The summed E-state index contributed by atoms with van der Waals surface area (Å²) in [5.41, 5.74) is 0. The Bertz CT molecular complexity index is 214. The van der Waals surface area contributed by atoms with Crippen LogP contribution in [0, 0.1) is 5.92 Å². The maximum absolute atomic E-state index is 11.2. The van der Waals surface area contributed by atoms with Crippen LogP contribution in [0.1, 0.15) is 32.6 Å². The molecule has 14 heavy (non-hydrogen) atoms. The number of rotatable bonds is 5. The Hall–Kier alpha value is -0.570. The number of carbonyl (C=O) groups is 2. The molecule has 0 aliphatic carbocycles. The Balaban J connectivity index is 2.30. The predicted molar refractivity (Wildman–Crippen MR) is 55.1 cm³/mol. The minimum absolute atomic E-state index is 0.0203. The third-order valence-electron chi connectivity index (χ3n) is 2.60. The molecular formula is C10H16ClNO2. The molecule has 1 aliphatic heterocycles. The maximum atomic E-state index is 11.2. The van der Waals surface area contributed by atoms with Crippen LogP contribution in [0.15, 0.2) is 0 Å². The van der Waals surface area contributed by atoms with Crippen LogP contribution in [0.25, 0.3) is 0 Å². The van der Waals surface area contributed by atoms with Crippen LogP contribution in [0.4, 0.5) is 0 Å². The summed E-state index contributed by atoms with van der Waals surface area (Å²) in [7, 11) is 0. The van der Waals surface area contributed by atoms with E-state index in [1.807, 2.05) is 0 Å². The summed E-state index contributed by atoms with van der Waals surface area (Å²) in [6.07, 6.45) is 2.59. The molecule has 1 unspecified atom stereocenters. The predicted octanol–water partition coefficient (Wildman–Crippen LogP) is 1.79. The average molecular weight is 218 g/mol. The summed E-state index contributed by atoms with van der Waals surface area (Å²) < 4.78 is 0. The Morgan fingerprint density at radius 1 is 1.29 bits per heavy atom. The Labute approximate surface area is 89.4 Å². The summed E-state index contributed by atoms with van der Waals surface area (Å²) in [6, 6.07) is 0. The summed E-state index contributed by atoms with van der Waals surface area (Å²) in [6.45, 7) is 2.66. The van der Waals surface area contributed by atoms with Crippen LogP contribution >= 0.6 is 11.6 Å². The second-order valence-corrected chi connectivity index (χ2v) is 4.19. The van der Waals surface area contributed by atoms with E-state index in [4.69, 9.17) is 11.6 Å². The fourth-order valence-electron chi connectivity index (χ4n) is 1.55. The summed E-state index contributed by atoms with van der Waals surface area (Å²) in [5.74, 6) is 1.08. The molecule has 2 amide bonds. The molecule has 0 aromatic carbocycles. The minimum atomic E-state index is -0.0203. The van der Waals surface area contributed by atoms with Crippen molar-refractivity contribution in [2.45, 2.75) is 32.6 Å². The van der Waals surface area contributed by atoms with Gasteiger partial charge in [0.2, 0.25) is 11.8 Å². The van der Waals surface area contributed by atoms with Crippen molar-refractivity contribution in [3.05, 3.63) is 0 Å². The number of imide groups is 1. The van der Waals surface area contributed by atoms with Crippen LogP contribution in [-0.4, -0.2) is 29.1 Å². The van der Waals surface area contributed by atoms with E-state index in [2.05, 4.69) is 6.92 Å². The summed E-state index contributed by atoms with van der Waals surface area (Å²) in [4.78, 5) is 23.8. The van der Waals surface area contributed by atoms with Gasteiger partial charge in [-0.25, -0.2) is 0 Å². The fraction of sp³-hybridized carbons (Fsp3) is 0.800. The highest BCUT2D eigenvalue weighted by molar-refractivity contribution is 6.17. The SMILES string of the molecule is CC(CCCl)CCN1C(=O)CCC1=O. The molecule has 1 aliphatic rings. The molecule has 80 valence electrons. The quantitative estimate of drug-likeness (QED) is 0.520. The van der Waals surface area contributed by atoms with Gasteiger partial charge in [-0.15, -0.1) is 11.6 Å². The van der Waals surface area contributed by atoms with Crippen LogP contribution in [0.5, 0.6) is 0 Å². The lowest BCUT2D eigenvalue weighted by atomic mass is 10.1. The molecule has 0 bridgehead atoms. The molecule has 1 heterocycles. The van der Waals surface area contributed by atoms with E-state index in [1.165, 1.54) is 4.90 Å². The van der Waals surface area contributed by atoms with Gasteiger partial charge in [-0.2, -0.15) is 0 Å². The average Bonchev–Trinajstić information content (AvgIpc) is 2.44. The molecule has 0 aromatic rings. The zero-order chi connectivity index (χ0) is 10.6. The third kappa shape index (κ3) is 2.98. The first-order chi connectivity index (χ1) is 6.65. The van der Waals surface area contributed by atoms with Crippen LogP contribution < -0.4 is 0 Å². The molecule has 1 rings (SSSR count). The highest BCUT2D eigenvalue weighted by Gasteiger charge is 2.28. The van der Waals surface area contributed by atoms with Gasteiger partial charge in [0.25, 0.3) is 0 Å². The van der Waals surface area contributed by atoms with Gasteiger partial charge in [0, 0.05) is 25.3 Å². The van der Waals surface area contributed by atoms with Crippen molar-refractivity contribution >= 4 is 23.4 Å². The topological polar surface area (TPSA) is 37.4 Å². The lowest BCUT2D eigenvalue weighted by Gasteiger charge is -2.16. The summed E-state index contributed by atoms with van der Waals surface area (Å²) >= 11 is 5.60. The third-order valence-corrected chi connectivity index (χ3v) is 2.82. The highest BCUT2D eigenvalue weighted by Crippen LogP contribution is 2.15. The molecule has 1 atom stereocenters. The van der Waals surface area contributed by atoms with E-state index in [9.17, 15) is 9.59 Å². The lowest BCUT2D eigenvalue weighted by molar-refractivity contribution is -0.138. The van der Waals surface area contributed by atoms with Crippen molar-refractivity contribution in [2.75, 3.05) is 12.4 Å². The van der Waals surface area contributed by atoms with Crippen molar-refractivity contribution in [2.24, 2.45) is 5.92 Å². The van der Waals surface area contributed by atoms with Gasteiger partial charge in [-0.3, -0.25) is 14.5 Å². The number of carbonyl (C=O) groups excluding carboxylic acids is 2. The molecule has 0 saturated carbocycles. The molecule has 0 spiro atoms. The Morgan fingerprint density at radius 2 is 1.86 bits per heavy atom. The number of halogens is 1. The van der Waals surface area contributed by atoms with Crippen molar-refractivity contribution in [3.63, 3.8) is 0 Å². The first kappa shape index (κ1) is 11.5. The molecular weight excluding hydrogens is 202 g/mol. The zero-order valence-electron chi connectivity index (χ0n) is 8.46. The van der Waals surface area contributed by atoms with Crippen molar-refractivity contribution in [1.82, 2.24) is 4.90 Å². The zero-order valence-corrected chi connectivity index (χ0v) is 9.22. The number of amides is 2. The molecule has 4 heteroatoms. The van der Waals surface area contributed by atoms with E-state index in [-0.39, 0.29) is 11.8 Å². The van der Waals surface area contributed by atoms with Gasteiger partial charge in [0.15, 0.2) is 0 Å². The molecule has 1 fully saturated rings. The van der Waals surface area contributed by atoms with Crippen molar-refractivity contribution in [3.8, 4) is 0 Å². The van der Waals surface area contributed by atoms with Crippen molar-refractivity contribution < 1.29 is 9.59 Å². The Kier molecular flexibility index (Phi) is 4.39. The van der Waals surface area contributed by atoms with E-state index in [0.29, 0.717) is 31.2 Å². The number of nitrogens with zero attached hydrogens (tertiary/aromatic N) is 1. The minimum Gasteiger partial charge on any atom is -0.283 e. The fourth-order valence-corrected chi connectivity index (χ4v) is 1.92. The standard InChI is InChI=1S/C10H16ClNO2/c1-8(4-6-11)5-7-12-9(13)2-3-10(12)14/h8H,2-7H2,1H3. The van der Waals surface area contributed by atoms with Crippen LogP contribution in [-0.2, 0) is 9.59 Å². The molecule has 1 saturated heterocycles. The molecule has 0 radical (unpaired) electrons. The van der Waals surface area contributed by atoms with E-state index >= 15 is 0 Å². The van der Waals surface area contributed by atoms with Gasteiger partial charge in [-0.1, -0.05) is 6.92 Å². The Morgan fingerprint density at radius 3 is 2.36 bits per heavy atom. The van der Waals surface area contributed by atoms with Gasteiger partial charge in [0.1, 0.15) is 0 Å². The maximum Gasteiger partial charge on any atom is 0.229 e. The summed E-state index contributed by atoms with van der Waals surface area (Å²) in [5, 5.41) is 0. The second-order valence-electron chi connectivity index (χ2n) is 3.81.